The van der Waals surface area contributed by atoms with Crippen molar-refractivity contribution < 1.29 is 36.3 Å². The largest absolute Gasteiger partial charge is 0.538 e. The van der Waals surface area contributed by atoms with Gasteiger partial charge in [0, 0.05) is 6.54 Å². The van der Waals surface area contributed by atoms with Crippen molar-refractivity contribution in [3.8, 4) is 11.8 Å². The van der Waals surface area contributed by atoms with Gasteiger partial charge in [0.2, 0.25) is 11.5 Å². The van der Waals surface area contributed by atoms with Crippen molar-refractivity contribution in [3.05, 3.63) is 59.5 Å². The van der Waals surface area contributed by atoms with Gasteiger partial charge in [0.15, 0.2) is 6.29 Å². The summed E-state index contributed by atoms with van der Waals surface area (Å²) in [5.41, 5.74) is 0.247. The van der Waals surface area contributed by atoms with Crippen molar-refractivity contribution in [2.45, 2.75) is 32.6 Å². The van der Waals surface area contributed by atoms with E-state index in [9.17, 15) is 9.13 Å². The van der Waals surface area contributed by atoms with Crippen LogP contribution in [0.25, 0.3) is 10.8 Å². The van der Waals surface area contributed by atoms with E-state index < -0.39 is 33.3 Å². The maximum Gasteiger partial charge on any atom is 0.538 e. The molecule has 6 aliphatic heterocycles. The topological polar surface area (TPSA) is 92.8 Å². The Kier molecular flexibility index (Phi) is 4.14. The van der Waals surface area contributed by atoms with Gasteiger partial charge < -0.3 is 9.05 Å². The molecular formula is C21H19NO8P2. The van der Waals surface area contributed by atoms with Gasteiger partial charge in [-0.2, -0.15) is 0 Å². The van der Waals surface area contributed by atoms with E-state index in [1.165, 1.54) is 0 Å². The van der Waals surface area contributed by atoms with E-state index in [1.54, 1.807) is 25.8 Å². The lowest BCUT2D eigenvalue weighted by Gasteiger charge is -2.42. The highest BCUT2D eigenvalue weighted by atomic mass is 31.2. The van der Waals surface area contributed by atoms with Crippen molar-refractivity contribution in [2.75, 3.05) is 7.05 Å². The molecule has 0 amide bonds. The second kappa shape index (κ2) is 6.47. The van der Waals surface area contributed by atoms with Crippen LogP contribution in [0.15, 0.2) is 54.0 Å². The van der Waals surface area contributed by atoms with Gasteiger partial charge in [0.25, 0.3) is 0 Å². The smallest absolute Gasteiger partial charge is 0.396 e. The fourth-order valence-corrected chi connectivity index (χ4v) is 6.96. The van der Waals surface area contributed by atoms with E-state index in [-0.39, 0.29) is 11.5 Å². The van der Waals surface area contributed by atoms with Crippen molar-refractivity contribution in [1.29, 1.82) is 0 Å². The Balaban J connectivity index is 1.41. The number of phosphoric acid groups is 2. The average Bonchev–Trinajstić information content (AvgIpc) is 3.18. The molecule has 0 N–H and O–H groups in total. The molecule has 0 aromatic heterocycles. The number of phosphoric ester groups is 2. The highest BCUT2D eigenvalue weighted by Gasteiger charge is 2.74. The summed E-state index contributed by atoms with van der Waals surface area (Å²) < 4.78 is 58.0. The van der Waals surface area contributed by atoms with Crippen LogP contribution in [-0.2, 0) is 42.8 Å². The Labute approximate surface area is 184 Å². The third-order valence-electron chi connectivity index (χ3n) is 5.70. The molecule has 0 aliphatic carbocycles. The Morgan fingerprint density at radius 3 is 2.50 bits per heavy atom. The Bertz CT molecular complexity index is 1330. The minimum Gasteiger partial charge on any atom is -0.396 e. The van der Waals surface area contributed by atoms with Crippen LogP contribution in [0.5, 0.6) is 0 Å². The lowest BCUT2D eigenvalue weighted by Crippen LogP contribution is -2.52. The van der Waals surface area contributed by atoms with E-state index in [0.717, 1.165) is 16.3 Å². The lowest BCUT2D eigenvalue weighted by molar-refractivity contribution is -0.242. The molecule has 2 aromatic rings. The summed E-state index contributed by atoms with van der Waals surface area (Å²) in [4.78, 5) is 1.69. The van der Waals surface area contributed by atoms with Crippen LogP contribution < -0.4 is 0 Å². The summed E-state index contributed by atoms with van der Waals surface area (Å²) in [6.45, 7) is 3.94. The van der Waals surface area contributed by atoms with Crippen molar-refractivity contribution >= 4 is 26.4 Å². The lowest BCUT2D eigenvalue weighted by atomic mass is 9.93. The predicted octanol–water partition coefficient (Wildman–Crippen LogP) is 4.86. The first-order chi connectivity index (χ1) is 15.1. The summed E-state index contributed by atoms with van der Waals surface area (Å²) in [6, 6.07) is 13.9. The molecule has 0 unspecified atom stereocenters. The molecule has 0 radical (unpaired) electrons. The third-order valence-corrected chi connectivity index (χ3v) is 8.35. The molecule has 6 heterocycles. The summed E-state index contributed by atoms with van der Waals surface area (Å²) in [5.74, 6) is 3.94. The van der Waals surface area contributed by atoms with Crippen LogP contribution in [-0.4, -0.2) is 24.1 Å². The van der Waals surface area contributed by atoms with E-state index in [1.807, 2.05) is 42.5 Å². The van der Waals surface area contributed by atoms with Gasteiger partial charge >= 0.3 is 21.6 Å². The molecule has 11 heteroatoms. The van der Waals surface area contributed by atoms with Crippen molar-refractivity contribution in [1.82, 2.24) is 4.90 Å². The number of hydrogen-bond acceptors (Lipinski definition) is 9. The minimum atomic E-state index is -3.85. The first kappa shape index (κ1) is 20.5. The van der Waals surface area contributed by atoms with Crippen LogP contribution in [0.3, 0.4) is 0 Å². The standard InChI is InChI=1S/C21H19NO8P2/c1-20(2)12-11-17(25-31(23)27-19(20)28-31)18-21(29-32(24,26-18)30-21)22(3)13-15-9-6-8-14-7-4-5-10-16(14)15/h4-10,19H,13H2,1-3H3/b18-17-. The molecule has 6 aliphatic rings. The number of allylic oxidation sites excluding steroid dienone is 1. The molecule has 0 spiro atoms. The summed E-state index contributed by atoms with van der Waals surface area (Å²) >= 11 is 0. The molecule has 4 fully saturated rings. The van der Waals surface area contributed by atoms with Crippen LogP contribution in [0.2, 0.25) is 0 Å². The number of hydrogen-bond donors (Lipinski definition) is 0. The van der Waals surface area contributed by atoms with Gasteiger partial charge in [-0.15, -0.1) is 0 Å². The molecular weight excluding hydrogens is 456 g/mol. The Morgan fingerprint density at radius 2 is 1.72 bits per heavy atom. The predicted molar refractivity (Wildman–Crippen MR) is 112 cm³/mol. The molecule has 2 aromatic carbocycles. The van der Waals surface area contributed by atoms with E-state index >= 15 is 0 Å². The van der Waals surface area contributed by atoms with Crippen LogP contribution in [0.1, 0.15) is 19.4 Å². The van der Waals surface area contributed by atoms with Crippen LogP contribution in [0.4, 0.5) is 0 Å². The SMILES string of the molecule is CN(Cc1cccc2ccccc12)C12OP(=O)(O/C1=C1/C#CC(C)(C)C3OP(=O)(O1)O3)O2. The summed E-state index contributed by atoms with van der Waals surface area (Å²) in [7, 11) is -5.92. The van der Waals surface area contributed by atoms with Gasteiger partial charge in [-0.05, 0) is 43.2 Å². The van der Waals surface area contributed by atoms with Crippen molar-refractivity contribution in [3.63, 3.8) is 0 Å². The van der Waals surface area contributed by atoms with Crippen LogP contribution >= 0.6 is 15.6 Å². The normalized spacial score (nSPS) is 38.4. The molecule has 9 nitrogen and oxygen atoms in total. The van der Waals surface area contributed by atoms with Crippen molar-refractivity contribution in [2.24, 2.45) is 5.41 Å². The number of rotatable bonds is 3. The quantitative estimate of drug-likeness (QED) is 0.456. The van der Waals surface area contributed by atoms with Gasteiger partial charge in [-0.1, -0.05) is 48.4 Å². The second-order valence-electron chi connectivity index (χ2n) is 8.51. The first-order valence-electron chi connectivity index (χ1n) is 9.95. The Hall–Kier alpha value is -2.14. The molecule has 0 saturated carbocycles. The highest BCUT2D eigenvalue weighted by Crippen LogP contribution is 2.77. The number of benzene rings is 2. The molecule has 0 atom stereocenters. The van der Waals surface area contributed by atoms with Crippen LogP contribution in [0, 0.1) is 17.3 Å². The zero-order valence-electron chi connectivity index (χ0n) is 17.4. The summed E-state index contributed by atoms with van der Waals surface area (Å²) in [6.07, 6.45) is -0.764. The fourth-order valence-electron chi connectivity index (χ4n) is 3.95. The second-order valence-corrected chi connectivity index (χ2v) is 11.4. The van der Waals surface area contributed by atoms with Gasteiger partial charge in [-0.3, -0.25) is 0 Å². The zero-order chi connectivity index (χ0) is 22.4. The Morgan fingerprint density at radius 1 is 1.00 bits per heavy atom. The molecule has 4 saturated heterocycles. The van der Waals surface area contributed by atoms with Gasteiger partial charge in [-0.25, -0.2) is 32.1 Å². The minimum absolute atomic E-state index is 0.0698. The number of fused-ring (bicyclic) bond motifs is 5. The summed E-state index contributed by atoms with van der Waals surface area (Å²) in [5, 5.41) is 2.14. The highest BCUT2D eigenvalue weighted by molar-refractivity contribution is 7.50. The van der Waals surface area contributed by atoms with Gasteiger partial charge in [0.05, 0.1) is 5.41 Å². The molecule has 166 valence electrons. The average molecular weight is 475 g/mol. The van der Waals surface area contributed by atoms with E-state index in [2.05, 4.69) is 11.8 Å². The molecule has 4 bridgehead atoms. The van der Waals surface area contributed by atoms with E-state index in [0.29, 0.717) is 6.54 Å². The zero-order valence-corrected chi connectivity index (χ0v) is 19.2. The first-order valence-corrected chi connectivity index (χ1v) is 12.9. The maximum atomic E-state index is 12.7. The number of likely N-dealkylation sites (N-methyl/N-ethyl adjacent to an activating group) is 1. The van der Waals surface area contributed by atoms with Gasteiger partial charge in [0.1, 0.15) is 0 Å². The van der Waals surface area contributed by atoms with E-state index in [4.69, 9.17) is 27.1 Å². The number of nitrogens with zero attached hydrogens (tertiary/aromatic N) is 1. The fraction of sp³-hybridized carbons (Fsp3) is 0.333. The maximum absolute atomic E-state index is 12.7. The molecule has 32 heavy (non-hydrogen) atoms. The third kappa shape index (κ3) is 2.93. The monoisotopic (exact) mass is 475 g/mol. The molecule has 8 rings (SSSR count).